The van der Waals surface area contributed by atoms with E-state index in [0.29, 0.717) is 84.2 Å². The molecule has 0 bridgehead atoms. The lowest BCUT2D eigenvalue weighted by Gasteiger charge is -2.49. The summed E-state index contributed by atoms with van der Waals surface area (Å²) in [5.41, 5.74) is 9.02. The number of carbonyl (C=O) groups is 1. The van der Waals surface area contributed by atoms with Crippen molar-refractivity contribution in [2.24, 2.45) is 5.41 Å². The van der Waals surface area contributed by atoms with E-state index in [-0.39, 0.29) is 28.4 Å². The van der Waals surface area contributed by atoms with Crippen LogP contribution in [0.15, 0.2) is 0 Å². The first-order valence-corrected chi connectivity index (χ1v) is 18.4. The second kappa shape index (κ2) is 12.6. The van der Waals surface area contributed by atoms with Gasteiger partial charge < -0.3 is 29.9 Å². The molecular formula is C34H40ClN11O3S. The number of carbonyl (C=O) groups excluding carboxylic acids is 1. The van der Waals surface area contributed by atoms with Crippen molar-refractivity contribution in [3.8, 4) is 18.1 Å². The largest absolute Gasteiger partial charge is 0.463 e. The summed E-state index contributed by atoms with van der Waals surface area (Å²) in [6, 6.07) is 5.01. The van der Waals surface area contributed by atoms with Crippen LogP contribution >= 0.6 is 22.9 Å². The molecule has 1 spiro atoms. The van der Waals surface area contributed by atoms with E-state index in [4.69, 9.17) is 36.8 Å². The molecule has 1 saturated carbocycles. The first kappa shape index (κ1) is 33.0. The molecule has 6 heterocycles. The summed E-state index contributed by atoms with van der Waals surface area (Å²) in [6.45, 7) is 7.46. The fourth-order valence-electron chi connectivity index (χ4n) is 8.00. The van der Waals surface area contributed by atoms with Gasteiger partial charge in [0.05, 0.1) is 42.6 Å². The van der Waals surface area contributed by atoms with Gasteiger partial charge in [-0.3, -0.25) is 14.4 Å². The molecule has 3 aromatic rings. The molecule has 2 aliphatic carbocycles. The number of nitrogen functional groups attached to an aromatic ring is 1. The Morgan fingerprint density at radius 2 is 1.78 bits per heavy atom. The van der Waals surface area contributed by atoms with E-state index in [2.05, 4.69) is 27.0 Å². The first-order valence-electron chi connectivity index (χ1n) is 17.2. The molecule has 0 unspecified atom stereocenters. The van der Waals surface area contributed by atoms with Gasteiger partial charge in [0, 0.05) is 75.6 Å². The number of amides is 1. The number of nitriles is 2. The van der Waals surface area contributed by atoms with Crippen molar-refractivity contribution in [3.63, 3.8) is 0 Å². The van der Waals surface area contributed by atoms with Crippen molar-refractivity contribution in [2.75, 3.05) is 88.7 Å². The van der Waals surface area contributed by atoms with Gasteiger partial charge in [0.15, 0.2) is 17.3 Å². The summed E-state index contributed by atoms with van der Waals surface area (Å²) in [6.07, 6.45) is 4.67. The number of nitrogens with two attached hydrogens (primary N) is 1. The van der Waals surface area contributed by atoms with E-state index in [1.807, 2.05) is 4.90 Å². The maximum Gasteiger partial charge on any atom is 0.320 e. The summed E-state index contributed by atoms with van der Waals surface area (Å²) in [4.78, 5) is 31.9. The molecule has 2 saturated heterocycles. The quantitative estimate of drug-likeness (QED) is 0.363. The number of nitrogens with zero attached hydrogens (tertiary/aromatic N) is 10. The summed E-state index contributed by atoms with van der Waals surface area (Å²) < 4.78 is 13.8. The van der Waals surface area contributed by atoms with Gasteiger partial charge >= 0.3 is 6.01 Å². The summed E-state index contributed by atoms with van der Waals surface area (Å²) >= 11 is 8.34. The van der Waals surface area contributed by atoms with Gasteiger partial charge in [-0.05, 0) is 37.7 Å². The van der Waals surface area contributed by atoms with Gasteiger partial charge in [-0.1, -0.05) is 11.6 Å². The Balaban J connectivity index is 1.12. The van der Waals surface area contributed by atoms with Crippen LogP contribution in [0.3, 0.4) is 0 Å². The van der Waals surface area contributed by atoms with Gasteiger partial charge in [0.1, 0.15) is 22.7 Å². The highest BCUT2D eigenvalue weighted by molar-refractivity contribution is 7.16. The zero-order chi connectivity index (χ0) is 34.8. The number of hydrogen-bond donors (Lipinski definition) is 1. The Bertz CT molecular complexity index is 1930. The molecule has 3 aromatic heterocycles. The molecule has 2 N–H and O–H groups in total. The molecule has 8 rings (SSSR count). The van der Waals surface area contributed by atoms with E-state index in [1.165, 1.54) is 21.1 Å². The molecular weight excluding hydrogens is 678 g/mol. The lowest BCUT2D eigenvalue weighted by Crippen LogP contribution is -2.59. The number of thiophene rings is 1. The second-order valence-electron chi connectivity index (χ2n) is 14.5. The van der Waals surface area contributed by atoms with Crippen molar-refractivity contribution in [1.82, 2.24) is 29.5 Å². The minimum atomic E-state index is -0.264. The first-order chi connectivity index (χ1) is 24.1. The van der Waals surface area contributed by atoms with Crippen LogP contribution in [0.5, 0.6) is 6.01 Å². The van der Waals surface area contributed by atoms with Crippen LogP contribution in [0, 0.1) is 28.1 Å². The van der Waals surface area contributed by atoms with Crippen LogP contribution in [-0.2, 0) is 29.7 Å². The van der Waals surface area contributed by atoms with Crippen LogP contribution in [0.4, 0.5) is 16.6 Å². The SMILES string of the molecule is CN(C)C(=O)c1nn2c(c1Cl)CN(c1nc(OCC3(CN4CCOCC4)CC3)nc(N3CC4(CCc5sc(N)c(C#N)c54)C3)c1C#N)CCC2. The minimum Gasteiger partial charge on any atom is -0.463 e. The zero-order valence-corrected chi connectivity index (χ0v) is 29.9. The highest BCUT2D eigenvalue weighted by atomic mass is 35.5. The van der Waals surface area contributed by atoms with E-state index >= 15 is 0 Å². The van der Waals surface area contributed by atoms with Gasteiger partial charge in [-0.15, -0.1) is 11.3 Å². The molecule has 262 valence electrons. The fraction of sp³-hybridized carbons (Fsp3) is 0.588. The smallest absolute Gasteiger partial charge is 0.320 e. The lowest BCUT2D eigenvalue weighted by atomic mass is 9.74. The number of anilines is 3. The summed E-state index contributed by atoms with van der Waals surface area (Å²) in [5, 5.41) is 26.1. The normalized spacial score (nSPS) is 20.3. The molecule has 3 aliphatic heterocycles. The Morgan fingerprint density at radius 1 is 1.06 bits per heavy atom. The third-order valence-corrected chi connectivity index (χ3v) is 12.4. The maximum atomic E-state index is 12.9. The number of hydrogen-bond acceptors (Lipinski definition) is 13. The van der Waals surface area contributed by atoms with Crippen molar-refractivity contribution in [3.05, 3.63) is 38.0 Å². The average Bonchev–Trinajstić information content (AvgIpc) is 3.60. The Labute approximate surface area is 299 Å². The molecule has 0 radical (unpaired) electrons. The highest BCUT2D eigenvalue weighted by Gasteiger charge is 2.52. The fourth-order valence-corrected chi connectivity index (χ4v) is 9.42. The van der Waals surface area contributed by atoms with Gasteiger partial charge in [0.2, 0.25) is 0 Å². The molecule has 50 heavy (non-hydrogen) atoms. The number of ether oxygens (including phenoxy) is 2. The van der Waals surface area contributed by atoms with Crippen LogP contribution < -0.4 is 20.3 Å². The Morgan fingerprint density at radius 3 is 2.46 bits per heavy atom. The molecule has 1 amide bonds. The average molecular weight is 718 g/mol. The van der Waals surface area contributed by atoms with E-state index in [1.54, 1.807) is 18.8 Å². The number of aryl methyl sites for hydroxylation is 2. The highest BCUT2D eigenvalue weighted by Crippen LogP contribution is 2.53. The van der Waals surface area contributed by atoms with Gasteiger partial charge in [-0.2, -0.15) is 25.6 Å². The minimum absolute atomic E-state index is 0.0422. The van der Waals surface area contributed by atoms with Gasteiger partial charge in [0.25, 0.3) is 5.91 Å². The van der Waals surface area contributed by atoms with Gasteiger partial charge in [-0.25, -0.2) is 0 Å². The van der Waals surface area contributed by atoms with Crippen molar-refractivity contribution in [1.29, 1.82) is 10.5 Å². The third kappa shape index (κ3) is 5.61. The standard InChI is InChI=1S/C34H40ClN11O3S/c1-42(2)31(47)27-26(35)23-16-44(8-3-9-46(23)41-27)29-22(15-37)30(45-18-34(19-45)5-4-24-25(34)21(14-36)28(38)50-24)40-32(39-29)49-20-33(6-7-33)17-43-10-12-48-13-11-43/h3-13,16-20,38H2,1-2H3. The summed E-state index contributed by atoms with van der Waals surface area (Å²) in [7, 11) is 3.35. The van der Waals surface area contributed by atoms with Crippen molar-refractivity contribution < 1.29 is 14.3 Å². The van der Waals surface area contributed by atoms with Crippen molar-refractivity contribution >= 4 is 45.5 Å². The van der Waals surface area contributed by atoms with E-state index in [9.17, 15) is 15.3 Å². The molecule has 0 atom stereocenters. The van der Waals surface area contributed by atoms with Crippen LogP contribution in [0.25, 0.3) is 0 Å². The molecule has 14 nitrogen and oxygen atoms in total. The lowest BCUT2D eigenvalue weighted by molar-refractivity contribution is 0.0231. The number of rotatable bonds is 8. The molecule has 0 aromatic carbocycles. The predicted octanol–water partition coefficient (Wildman–Crippen LogP) is 3.02. The maximum absolute atomic E-state index is 12.9. The number of aromatic nitrogens is 4. The number of fused-ring (bicyclic) bond motifs is 3. The van der Waals surface area contributed by atoms with Crippen molar-refractivity contribution in [2.45, 2.75) is 50.6 Å². The zero-order valence-electron chi connectivity index (χ0n) is 28.4. The molecule has 16 heteroatoms. The van der Waals surface area contributed by atoms with E-state index in [0.717, 1.165) is 64.1 Å². The second-order valence-corrected chi connectivity index (χ2v) is 16.0. The summed E-state index contributed by atoms with van der Waals surface area (Å²) in [5.74, 6) is 0.737. The predicted molar refractivity (Wildman–Crippen MR) is 188 cm³/mol. The number of morpholine rings is 1. The topological polar surface area (TPSA) is 166 Å². The Kier molecular flexibility index (Phi) is 8.30. The van der Waals surface area contributed by atoms with E-state index < -0.39 is 0 Å². The monoisotopic (exact) mass is 717 g/mol. The molecule has 5 aliphatic rings. The van der Waals surface area contributed by atoms with Crippen LogP contribution in [-0.4, -0.2) is 109 Å². The van der Waals surface area contributed by atoms with Crippen LogP contribution in [0.2, 0.25) is 5.02 Å². The van der Waals surface area contributed by atoms with Crippen LogP contribution in [0.1, 0.15) is 63.4 Å². The number of halogens is 1. The molecule has 3 fully saturated rings. The third-order valence-electron chi connectivity index (χ3n) is 10.9. The Hall–Kier alpha value is -4.15.